The van der Waals surface area contributed by atoms with Crippen LogP contribution in [0.25, 0.3) is 0 Å². The number of carbonyl (C=O) groups excluding carboxylic acids is 1. The number of tetrazole rings is 1. The molecule has 0 aliphatic rings. The zero-order valence-electron chi connectivity index (χ0n) is 13.0. The van der Waals surface area contributed by atoms with E-state index in [0.29, 0.717) is 24.2 Å². The summed E-state index contributed by atoms with van der Waals surface area (Å²) in [6.45, 7) is 9.33. The fraction of sp³-hybridized carbons (Fsp3) is 0.846. The van der Waals surface area contributed by atoms with E-state index in [1.165, 1.54) is 11.8 Å². The van der Waals surface area contributed by atoms with Crippen LogP contribution in [0.1, 0.15) is 33.6 Å². The normalized spacial score (nSPS) is 11.0. The van der Waals surface area contributed by atoms with Crippen molar-refractivity contribution in [1.82, 2.24) is 25.5 Å². The Morgan fingerprint density at radius 1 is 1.48 bits per heavy atom. The molecule has 0 aliphatic carbocycles. The lowest BCUT2D eigenvalue weighted by atomic mass is 10.2. The molecule has 0 amide bonds. The predicted molar refractivity (Wildman–Crippen MR) is 82.1 cm³/mol. The monoisotopic (exact) mass is 315 g/mol. The molecule has 21 heavy (non-hydrogen) atoms. The lowest BCUT2D eigenvalue weighted by molar-refractivity contribution is -0.140. The largest absolute Gasteiger partial charge is 0.465 e. The summed E-state index contributed by atoms with van der Waals surface area (Å²) in [7, 11) is 0. The van der Waals surface area contributed by atoms with Gasteiger partial charge >= 0.3 is 5.97 Å². The molecule has 0 saturated carbocycles. The first-order valence-electron chi connectivity index (χ1n) is 7.38. The second-order valence-electron chi connectivity index (χ2n) is 5.15. The molecule has 0 unspecified atom stereocenters. The van der Waals surface area contributed by atoms with Gasteiger partial charge in [0.25, 0.3) is 0 Å². The molecule has 1 heterocycles. The summed E-state index contributed by atoms with van der Waals surface area (Å²) in [6, 6.07) is 0. The van der Waals surface area contributed by atoms with E-state index in [1.807, 2.05) is 0 Å². The second-order valence-corrected chi connectivity index (χ2v) is 6.09. The van der Waals surface area contributed by atoms with Crippen molar-refractivity contribution < 1.29 is 9.53 Å². The molecule has 0 fully saturated rings. The zero-order chi connectivity index (χ0) is 15.5. The highest BCUT2D eigenvalue weighted by molar-refractivity contribution is 7.99. The molecule has 8 heteroatoms. The third-order valence-corrected chi connectivity index (χ3v) is 3.56. The third-order valence-electron chi connectivity index (χ3n) is 2.63. The molecule has 7 nitrogen and oxygen atoms in total. The van der Waals surface area contributed by atoms with Crippen molar-refractivity contribution in [3.05, 3.63) is 0 Å². The van der Waals surface area contributed by atoms with Gasteiger partial charge in [-0.3, -0.25) is 4.79 Å². The third kappa shape index (κ3) is 8.01. The van der Waals surface area contributed by atoms with Crippen molar-refractivity contribution in [2.75, 3.05) is 25.4 Å². The zero-order valence-corrected chi connectivity index (χ0v) is 13.9. The number of carbonyl (C=O) groups is 1. The molecule has 120 valence electrons. The van der Waals surface area contributed by atoms with Crippen LogP contribution in [0.4, 0.5) is 0 Å². The van der Waals surface area contributed by atoms with Gasteiger partial charge in [0.1, 0.15) is 0 Å². The highest BCUT2D eigenvalue weighted by atomic mass is 32.2. The van der Waals surface area contributed by atoms with Gasteiger partial charge in [0.05, 0.1) is 18.9 Å². The molecule has 0 radical (unpaired) electrons. The number of hydrogen-bond acceptors (Lipinski definition) is 7. The van der Waals surface area contributed by atoms with E-state index < -0.39 is 0 Å². The van der Waals surface area contributed by atoms with Crippen LogP contribution in [0, 0.1) is 5.92 Å². The van der Waals surface area contributed by atoms with E-state index >= 15 is 0 Å². The first-order valence-corrected chi connectivity index (χ1v) is 8.37. The van der Waals surface area contributed by atoms with Gasteiger partial charge in [0.2, 0.25) is 5.16 Å². The molecule has 0 aromatic carbocycles. The van der Waals surface area contributed by atoms with Crippen LogP contribution in [-0.4, -0.2) is 51.6 Å². The fourth-order valence-electron chi connectivity index (χ4n) is 1.51. The Hall–Kier alpha value is -1.15. The summed E-state index contributed by atoms with van der Waals surface area (Å²) < 4.78 is 6.80. The van der Waals surface area contributed by atoms with E-state index in [2.05, 4.69) is 41.6 Å². The Labute approximate surface area is 130 Å². The number of nitrogens with zero attached hydrogens (tertiary/aromatic N) is 4. The molecular formula is C13H25N5O2S. The minimum Gasteiger partial charge on any atom is -0.465 e. The Morgan fingerprint density at radius 3 is 3.00 bits per heavy atom. The average Bonchev–Trinajstić information content (AvgIpc) is 2.89. The topological polar surface area (TPSA) is 81.9 Å². The van der Waals surface area contributed by atoms with Crippen LogP contribution in [-0.2, 0) is 16.1 Å². The summed E-state index contributed by atoms with van der Waals surface area (Å²) in [6.07, 6.45) is 1.91. The molecule has 1 rings (SSSR count). The minimum atomic E-state index is -0.221. The average molecular weight is 315 g/mol. The summed E-state index contributed by atoms with van der Waals surface area (Å²) in [5.41, 5.74) is 0. The summed E-state index contributed by atoms with van der Waals surface area (Å²) in [5, 5.41) is 15.5. The Morgan fingerprint density at radius 2 is 2.29 bits per heavy atom. The van der Waals surface area contributed by atoms with E-state index in [9.17, 15) is 4.79 Å². The number of aromatic nitrogens is 4. The molecule has 0 bridgehead atoms. The summed E-state index contributed by atoms with van der Waals surface area (Å²) in [4.78, 5) is 11.5. The van der Waals surface area contributed by atoms with E-state index in [4.69, 9.17) is 4.74 Å². The maximum Gasteiger partial charge on any atom is 0.316 e. The van der Waals surface area contributed by atoms with Crippen molar-refractivity contribution in [3.8, 4) is 0 Å². The lowest BCUT2D eigenvalue weighted by Crippen LogP contribution is -2.24. The fourth-order valence-corrected chi connectivity index (χ4v) is 2.21. The Balaban J connectivity index is 2.26. The first-order chi connectivity index (χ1) is 10.1. The number of unbranched alkanes of at least 4 members (excludes halogenated alkanes) is 1. The SMILES string of the molecule is CCCCOC(=O)CSc1nnnn1CCNCC(C)C. The van der Waals surface area contributed by atoms with Crippen molar-refractivity contribution in [3.63, 3.8) is 0 Å². The first kappa shape index (κ1) is 17.9. The van der Waals surface area contributed by atoms with Crippen molar-refractivity contribution in [2.24, 2.45) is 5.92 Å². The number of rotatable bonds is 11. The predicted octanol–water partition coefficient (Wildman–Crippen LogP) is 1.35. The molecule has 0 atom stereocenters. The number of hydrogen-bond donors (Lipinski definition) is 1. The number of ether oxygens (including phenoxy) is 1. The van der Waals surface area contributed by atoms with Crippen molar-refractivity contribution in [2.45, 2.75) is 45.3 Å². The summed E-state index contributed by atoms with van der Waals surface area (Å²) in [5.74, 6) is 0.635. The maximum absolute atomic E-state index is 11.5. The van der Waals surface area contributed by atoms with Crippen LogP contribution < -0.4 is 5.32 Å². The second kappa shape index (κ2) is 10.6. The van der Waals surface area contributed by atoms with Crippen molar-refractivity contribution in [1.29, 1.82) is 0 Å². The molecule has 0 aliphatic heterocycles. The van der Waals surface area contributed by atoms with Gasteiger partial charge in [0.15, 0.2) is 0 Å². The van der Waals surface area contributed by atoms with E-state index in [1.54, 1.807) is 4.68 Å². The standard InChI is InChI=1S/C13H25N5O2S/c1-4-5-8-20-12(19)10-21-13-15-16-17-18(13)7-6-14-9-11(2)3/h11,14H,4-10H2,1-3H3. The maximum atomic E-state index is 11.5. The lowest BCUT2D eigenvalue weighted by Gasteiger charge is -2.08. The Bertz CT molecular complexity index is 411. The molecular weight excluding hydrogens is 290 g/mol. The van der Waals surface area contributed by atoms with Gasteiger partial charge in [-0.15, -0.1) is 5.10 Å². The minimum absolute atomic E-state index is 0.221. The number of nitrogens with one attached hydrogen (secondary N) is 1. The highest BCUT2D eigenvalue weighted by Gasteiger charge is 2.10. The van der Waals surface area contributed by atoms with Crippen molar-refractivity contribution >= 4 is 17.7 Å². The molecule has 1 aromatic rings. The number of thioether (sulfide) groups is 1. The van der Waals surface area contributed by atoms with Crippen LogP contribution in [0.15, 0.2) is 5.16 Å². The quantitative estimate of drug-likeness (QED) is 0.375. The van der Waals surface area contributed by atoms with Crippen LogP contribution >= 0.6 is 11.8 Å². The van der Waals surface area contributed by atoms with Gasteiger partial charge < -0.3 is 10.1 Å². The highest BCUT2D eigenvalue weighted by Crippen LogP contribution is 2.13. The van der Waals surface area contributed by atoms with Gasteiger partial charge in [-0.1, -0.05) is 39.0 Å². The summed E-state index contributed by atoms with van der Waals surface area (Å²) >= 11 is 1.31. The van der Waals surface area contributed by atoms with Crippen LogP contribution in [0.2, 0.25) is 0 Å². The molecule has 0 spiro atoms. The smallest absolute Gasteiger partial charge is 0.316 e. The van der Waals surface area contributed by atoms with Gasteiger partial charge in [-0.2, -0.15) is 0 Å². The van der Waals surface area contributed by atoms with Gasteiger partial charge in [0, 0.05) is 6.54 Å². The van der Waals surface area contributed by atoms with E-state index in [-0.39, 0.29) is 11.7 Å². The molecule has 1 aromatic heterocycles. The van der Waals surface area contributed by atoms with E-state index in [0.717, 1.165) is 25.9 Å². The molecule has 1 N–H and O–H groups in total. The van der Waals surface area contributed by atoms with Crippen LogP contribution in [0.3, 0.4) is 0 Å². The van der Waals surface area contributed by atoms with Gasteiger partial charge in [-0.05, 0) is 29.3 Å². The number of esters is 1. The van der Waals surface area contributed by atoms with Crippen LogP contribution in [0.5, 0.6) is 0 Å². The molecule has 0 saturated heterocycles. The Kier molecular flexibility index (Phi) is 9.00. The van der Waals surface area contributed by atoms with Gasteiger partial charge in [-0.25, -0.2) is 4.68 Å².